The van der Waals surface area contributed by atoms with Gasteiger partial charge < -0.3 is 10.6 Å². The third-order valence-corrected chi connectivity index (χ3v) is 3.07. The van der Waals surface area contributed by atoms with Crippen LogP contribution in [-0.2, 0) is 0 Å². The van der Waals surface area contributed by atoms with Crippen molar-refractivity contribution in [1.82, 2.24) is 9.88 Å². The van der Waals surface area contributed by atoms with Crippen molar-refractivity contribution in [2.75, 3.05) is 20.6 Å². The van der Waals surface area contributed by atoms with Crippen molar-refractivity contribution in [3.8, 4) is 0 Å². The van der Waals surface area contributed by atoms with Gasteiger partial charge in [0.2, 0.25) is 0 Å². The van der Waals surface area contributed by atoms with Crippen molar-refractivity contribution in [2.45, 2.75) is 26.3 Å². The summed E-state index contributed by atoms with van der Waals surface area (Å²) in [7, 11) is 4.23. The van der Waals surface area contributed by atoms with Gasteiger partial charge >= 0.3 is 0 Å². The topological polar surface area (TPSA) is 42.2 Å². The van der Waals surface area contributed by atoms with Gasteiger partial charge in [-0.15, -0.1) is 0 Å². The molecule has 0 saturated carbocycles. The minimum atomic E-state index is 0.166. The number of hydrogen-bond acceptors (Lipinski definition) is 3. The second-order valence-electron chi connectivity index (χ2n) is 5.17. The van der Waals surface area contributed by atoms with Crippen molar-refractivity contribution in [1.29, 1.82) is 0 Å². The number of nitrogens with two attached hydrogens (primary N) is 1. The Labute approximate surface area is 98.7 Å². The molecule has 1 unspecified atom stereocenters. The largest absolute Gasteiger partial charge is 0.330 e. The van der Waals surface area contributed by atoms with Gasteiger partial charge in [-0.3, -0.25) is 4.98 Å². The van der Waals surface area contributed by atoms with E-state index in [0.717, 1.165) is 13.0 Å². The SMILES string of the molecule is CN(C)C(c1ccncc1)C(C)(C)CCN. The smallest absolute Gasteiger partial charge is 0.0394 e. The number of hydrogen-bond donors (Lipinski definition) is 1. The van der Waals surface area contributed by atoms with Crippen LogP contribution in [0.1, 0.15) is 31.9 Å². The van der Waals surface area contributed by atoms with Crippen molar-refractivity contribution >= 4 is 0 Å². The first-order valence-electron chi connectivity index (χ1n) is 5.75. The Morgan fingerprint density at radius 3 is 2.31 bits per heavy atom. The van der Waals surface area contributed by atoms with Crippen LogP contribution in [0.15, 0.2) is 24.5 Å². The minimum Gasteiger partial charge on any atom is -0.330 e. The third-order valence-electron chi connectivity index (χ3n) is 3.07. The zero-order valence-electron chi connectivity index (χ0n) is 10.8. The molecule has 3 heteroatoms. The standard InChI is InChI=1S/C13H23N3/c1-13(2,7-8-14)12(16(3)4)11-5-9-15-10-6-11/h5-6,9-10,12H,7-8,14H2,1-4H3. The van der Waals surface area contributed by atoms with Crippen LogP contribution in [0.5, 0.6) is 0 Å². The summed E-state index contributed by atoms with van der Waals surface area (Å²) in [5.74, 6) is 0. The van der Waals surface area contributed by atoms with E-state index < -0.39 is 0 Å². The molecule has 0 radical (unpaired) electrons. The van der Waals surface area contributed by atoms with Gasteiger partial charge in [-0.05, 0) is 50.2 Å². The van der Waals surface area contributed by atoms with E-state index in [1.165, 1.54) is 5.56 Å². The minimum absolute atomic E-state index is 0.166. The summed E-state index contributed by atoms with van der Waals surface area (Å²) in [5.41, 5.74) is 7.17. The first-order chi connectivity index (χ1) is 7.49. The Bertz CT molecular complexity index is 306. The van der Waals surface area contributed by atoms with Gasteiger partial charge in [-0.1, -0.05) is 13.8 Å². The average Bonchev–Trinajstić information content (AvgIpc) is 2.17. The van der Waals surface area contributed by atoms with Gasteiger partial charge in [0.05, 0.1) is 0 Å². The molecule has 0 aliphatic heterocycles. The summed E-state index contributed by atoms with van der Waals surface area (Å²) in [6, 6.07) is 4.55. The van der Waals surface area contributed by atoms with E-state index in [9.17, 15) is 0 Å². The molecule has 1 rings (SSSR count). The molecule has 2 N–H and O–H groups in total. The molecular formula is C13H23N3. The Kier molecular flexibility index (Phi) is 4.44. The number of rotatable bonds is 5. The Hall–Kier alpha value is -0.930. The quantitative estimate of drug-likeness (QED) is 0.827. The summed E-state index contributed by atoms with van der Waals surface area (Å²) in [4.78, 5) is 6.33. The Morgan fingerprint density at radius 2 is 1.88 bits per heavy atom. The number of pyridine rings is 1. The highest BCUT2D eigenvalue weighted by Gasteiger charge is 2.31. The number of aromatic nitrogens is 1. The summed E-state index contributed by atoms with van der Waals surface area (Å²) >= 11 is 0. The molecule has 0 aromatic carbocycles. The van der Waals surface area contributed by atoms with Gasteiger partial charge in [-0.2, -0.15) is 0 Å². The molecule has 90 valence electrons. The van der Waals surface area contributed by atoms with E-state index in [0.29, 0.717) is 6.04 Å². The predicted octanol–water partition coefficient (Wildman–Crippen LogP) is 2.06. The van der Waals surface area contributed by atoms with Crippen LogP contribution in [-0.4, -0.2) is 30.5 Å². The van der Waals surface area contributed by atoms with Crippen LogP contribution in [0, 0.1) is 5.41 Å². The molecule has 0 aliphatic carbocycles. The van der Waals surface area contributed by atoms with Crippen LogP contribution < -0.4 is 5.73 Å². The lowest BCUT2D eigenvalue weighted by atomic mass is 9.77. The van der Waals surface area contributed by atoms with Crippen LogP contribution in [0.25, 0.3) is 0 Å². The van der Waals surface area contributed by atoms with Gasteiger partial charge in [0, 0.05) is 18.4 Å². The van der Waals surface area contributed by atoms with E-state index in [1.54, 1.807) is 0 Å². The van der Waals surface area contributed by atoms with Crippen molar-refractivity contribution in [2.24, 2.45) is 11.1 Å². The zero-order chi connectivity index (χ0) is 12.2. The lowest BCUT2D eigenvalue weighted by molar-refractivity contribution is 0.128. The molecule has 0 aliphatic rings. The molecular weight excluding hydrogens is 198 g/mol. The molecule has 1 heterocycles. The molecule has 1 atom stereocenters. The van der Waals surface area contributed by atoms with E-state index in [2.05, 4.69) is 50.0 Å². The molecule has 16 heavy (non-hydrogen) atoms. The molecule has 1 aromatic rings. The Balaban J connectivity index is 3.00. The lowest BCUT2D eigenvalue weighted by Crippen LogP contribution is -2.35. The summed E-state index contributed by atoms with van der Waals surface area (Å²) < 4.78 is 0. The predicted molar refractivity (Wildman–Crippen MR) is 68.1 cm³/mol. The van der Waals surface area contributed by atoms with Gasteiger partial charge in [0.1, 0.15) is 0 Å². The molecule has 0 fully saturated rings. The van der Waals surface area contributed by atoms with E-state index >= 15 is 0 Å². The summed E-state index contributed by atoms with van der Waals surface area (Å²) in [5, 5.41) is 0. The Morgan fingerprint density at radius 1 is 1.31 bits per heavy atom. The monoisotopic (exact) mass is 221 g/mol. The summed E-state index contributed by atoms with van der Waals surface area (Å²) in [6.45, 7) is 5.26. The molecule has 0 bridgehead atoms. The first-order valence-corrected chi connectivity index (χ1v) is 5.75. The maximum atomic E-state index is 5.70. The molecule has 0 amide bonds. The second kappa shape index (κ2) is 5.41. The number of nitrogens with zero attached hydrogens (tertiary/aromatic N) is 2. The van der Waals surface area contributed by atoms with Crippen LogP contribution in [0.4, 0.5) is 0 Å². The van der Waals surface area contributed by atoms with Crippen molar-refractivity contribution < 1.29 is 0 Å². The average molecular weight is 221 g/mol. The highest BCUT2D eigenvalue weighted by Crippen LogP contribution is 2.39. The van der Waals surface area contributed by atoms with Crippen LogP contribution in [0.2, 0.25) is 0 Å². The zero-order valence-corrected chi connectivity index (χ0v) is 10.8. The van der Waals surface area contributed by atoms with Crippen molar-refractivity contribution in [3.05, 3.63) is 30.1 Å². The fourth-order valence-electron chi connectivity index (χ4n) is 2.50. The first kappa shape index (κ1) is 13.1. The maximum absolute atomic E-state index is 5.70. The molecule has 0 saturated heterocycles. The fourth-order valence-corrected chi connectivity index (χ4v) is 2.50. The summed E-state index contributed by atoms with van der Waals surface area (Å²) in [6.07, 6.45) is 4.72. The van der Waals surface area contributed by atoms with E-state index in [1.807, 2.05) is 12.4 Å². The highest BCUT2D eigenvalue weighted by molar-refractivity contribution is 5.17. The highest BCUT2D eigenvalue weighted by atomic mass is 15.1. The van der Waals surface area contributed by atoms with E-state index in [-0.39, 0.29) is 5.41 Å². The third kappa shape index (κ3) is 3.03. The second-order valence-corrected chi connectivity index (χ2v) is 5.17. The van der Waals surface area contributed by atoms with Crippen LogP contribution >= 0.6 is 0 Å². The van der Waals surface area contributed by atoms with Gasteiger partial charge in [0.25, 0.3) is 0 Å². The van der Waals surface area contributed by atoms with Gasteiger partial charge in [-0.25, -0.2) is 0 Å². The van der Waals surface area contributed by atoms with Gasteiger partial charge in [0.15, 0.2) is 0 Å². The molecule has 0 spiro atoms. The van der Waals surface area contributed by atoms with Crippen molar-refractivity contribution in [3.63, 3.8) is 0 Å². The van der Waals surface area contributed by atoms with E-state index in [4.69, 9.17) is 5.73 Å². The molecule has 3 nitrogen and oxygen atoms in total. The molecule has 1 aromatic heterocycles. The maximum Gasteiger partial charge on any atom is 0.0394 e. The fraction of sp³-hybridized carbons (Fsp3) is 0.615. The lowest BCUT2D eigenvalue weighted by Gasteiger charge is -2.39. The normalized spacial score (nSPS) is 14.1. The van der Waals surface area contributed by atoms with Crippen LogP contribution in [0.3, 0.4) is 0 Å².